The minimum absolute atomic E-state index is 0.191. The molecule has 0 radical (unpaired) electrons. The van der Waals surface area contributed by atoms with Crippen molar-refractivity contribution in [3.05, 3.63) is 11.6 Å². The molecule has 0 spiro atoms. The van der Waals surface area contributed by atoms with Gasteiger partial charge in [0.25, 0.3) is 0 Å². The van der Waals surface area contributed by atoms with Crippen LogP contribution in [0.5, 0.6) is 0 Å². The summed E-state index contributed by atoms with van der Waals surface area (Å²) in [5, 5.41) is 0. The van der Waals surface area contributed by atoms with E-state index in [0.29, 0.717) is 5.78 Å². The Bertz CT molecular complexity index is 193. The Balaban J connectivity index is 2.79. The molecule has 0 unspecified atom stereocenters. The van der Waals surface area contributed by atoms with Gasteiger partial charge in [0.15, 0.2) is 5.78 Å². The molecule has 0 fully saturated rings. The van der Waals surface area contributed by atoms with Crippen molar-refractivity contribution in [2.45, 2.75) is 40.0 Å². The monoisotopic (exact) mass is 152 g/mol. The Morgan fingerprint density at radius 2 is 1.91 bits per heavy atom. The first kappa shape index (κ1) is 8.51. The highest BCUT2D eigenvalue weighted by molar-refractivity contribution is 5.91. The third kappa shape index (κ3) is 2.18. The fourth-order valence-electron chi connectivity index (χ4n) is 1.38. The highest BCUT2D eigenvalue weighted by atomic mass is 16.1. The van der Waals surface area contributed by atoms with E-state index in [-0.39, 0.29) is 5.41 Å². The van der Waals surface area contributed by atoms with Crippen molar-refractivity contribution in [2.24, 2.45) is 5.41 Å². The minimum Gasteiger partial charge on any atom is -0.295 e. The molecule has 0 amide bonds. The summed E-state index contributed by atoms with van der Waals surface area (Å²) in [6.07, 6.45) is 4.74. The number of carbonyl (C=O) groups is 1. The average molecular weight is 152 g/mol. The van der Waals surface area contributed by atoms with Gasteiger partial charge in [0.2, 0.25) is 0 Å². The second-order valence-corrected chi connectivity index (χ2v) is 4.24. The highest BCUT2D eigenvalue weighted by Crippen LogP contribution is 2.31. The van der Waals surface area contributed by atoms with Crippen LogP contribution in [0.15, 0.2) is 11.6 Å². The van der Waals surface area contributed by atoms with Crippen molar-refractivity contribution in [3.8, 4) is 0 Å². The van der Waals surface area contributed by atoms with Crippen LogP contribution in [0.3, 0.4) is 0 Å². The summed E-state index contributed by atoms with van der Waals surface area (Å²) in [4.78, 5) is 11.0. The summed E-state index contributed by atoms with van der Waals surface area (Å²) in [5.74, 6) is 0.307. The summed E-state index contributed by atoms with van der Waals surface area (Å²) in [7, 11) is 0. The van der Waals surface area contributed by atoms with Crippen molar-refractivity contribution in [1.82, 2.24) is 0 Å². The predicted molar refractivity (Wildman–Crippen MR) is 46.4 cm³/mol. The van der Waals surface area contributed by atoms with Gasteiger partial charge in [-0.15, -0.1) is 0 Å². The first-order valence-electron chi connectivity index (χ1n) is 4.24. The van der Waals surface area contributed by atoms with E-state index in [2.05, 4.69) is 20.8 Å². The first-order chi connectivity index (χ1) is 5.00. The van der Waals surface area contributed by atoms with Gasteiger partial charge < -0.3 is 0 Å². The Morgan fingerprint density at radius 3 is 2.27 bits per heavy atom. The molecule has 0 heterocycles. The molecule has 1 rings (SSSR count). The van der Waals surface area contributed by atoms with E-state index < -0.39 is 0 Å². The maximum Gasteiger partial charge on any atom is 0.155 e. The van der Waals surface area contributed by atoms with Crippen molar-refractivity contribution in [1.29, 1.82) is 0 Å². The van der Waals surface area contributed by atoms with Gasteiger partial charge in [-0.3, -0.25) is 4.79 Å². The SMILES string of the molecule is CC(C)(C)C1=CC(=O)CCC1. The standard InChI is InChI=1S/C10H16O/c1-10(2,3)8-5-4-6-9(11)7-8/h7H,4-6H2,1-3H3. The van der Waals surface area contributed by atoms with Gasteiger partial charge >= 0.3 is 0 Å². The zero-order valence-electron chi connectivity index (χ0n) is 7.61. The number of hydrogen-bond donors (Lipinski definition) is 0. The molecule has 1 nitrogen and oxygen atoms in total. The van der Waals surface area contributed by atoms with Crippen LogP contribution in [0.1, 0.15) is 40.0 Å². The van der Waals surface area contributed by atoms with E-state index in [1.165, 1.54) is 5.57 Å². The Hall–Kier alpha value is -0.590. The molecule has 0 aromatic heterocycles. The molecule has 62 valence electrons. The van der Waals surface area contributed by atoms with E-state index >= 15 is 0 Å². The van der Waals surface area contributed by atoms with Gasteiger partial charge in [0.1, 0.15) is 0 Å². The van der Waals surface area contributed by atoms with E-state index in [1.807, 2.05) is 6.08 Å². The lowest BCUT2D eigenvalue weighted by atomic mass is 9.80. The number of carbonyl (C=O) groups excluding carboxylic acids is 1. The lowest BCUT2D eigenvalue weighted by Crippen LogP contribution is -2.15. The van der Waals surface area contributed by atoms with Crippen molar-refractivity contribution >= 4 is 5.78 Å². The topological polar surface area (TPSA) is 17.1 Å². The third-order valence-electron chi connectivity index (χ3n) is 2.17. The molecule has 1 aliphatic rings. The van der Waals surface area contributed by atoms with Gasteiger partial charge in [-0.2, -0.15) is 0 Å². The molecule has 0 aliphatic heterocycles. The van der Waals surface area contributed by atoms with Crippen LogP contribution in [-0.4, -0.2) is 5.78 Å². The van der Waals surface area contributed by atoms with Crippen LogP contribution >= 0.6 is 0 Å². The van der Waals surface area contributed by atoms with Gasteiger partial charge in [-0.25, -0.2) is 0 Å². The number of hydrogen-bond acceptors (Lipinski definition) is 1. The summed E-state index contributed by atoms with van der Waals surface area (Å²) in [5.41, 5.74) is 1.50. The van der Waals surface area contributed by atoms with E-state index in [1.54, 1.807) is 0 Å². The number of allylic oxidation sites excluding steroid dienone is 2. The highest BCUT2D eigenvalue weighted by Gasteiger charge is 2.20. The molecule has 0 aromatic rings. The molecule has 0 bridgehead atoms. The molecule has 11 heavy (non-hydrogen) atoms. The predicted octanol–water partition coefficient (Wildman–Crippen LogP) is 2.71. The van der Waals surface area contributed by atoms with Crippen LogP contribution < -0.4 is 0 Å². The number of rotatable bonds is 0. The van der Waals surface area contributed by atoms with Crippen LogP contribution in [0.25, 0.3) is 0 Å². The first-order valence-corrected chi connectivity index (χ1v) is 4.24. The molecular weight excluding hydrogens is 136 g/mol. The normalized spacial score (nSPS) is 19.9. The van der Waals surface area contributed by atoms with E-state index in [4.69, 9.17) is 0 Å². The molecule has 0 N–H and O–H groups in total. The van der Waals surface area contributed by atoms with Crippen molar-refractivity contribution in [2.75, 3.05) is 0 Å². The largest absolute Gasteiger partial charge is 0.295 e. The lowest BCUT2D eigenvalue weighted by molar-refractivity contribution is -0.115. The van der Waals surface area contributed by atoms with Crippen LogP contribution in [0.4, 0.5) is 0 Å². The fourth-order valence-corrected chi connectivity index (χ4v) is 1.38. The third-order valence-corrected chi connectivity index (χ3v) is 2.17. The van der Waals surface area contributed by atoms with Gasteiger partial charge in [0, 0.05) is 6.42 Å². The molecule has 0 aromatic carbocycles. The number of ketones is 1. The Kier molecular flexibility index (Phi) is 2.17. The second-order valence-electron chi connectivity index (χ2n) is 4.24. The van der Waals surface area contributed by atoms with Gasteiger partial charge in [-0.05, 0) is 24.3 Å². The van der Waals surface area contributed by atoms with E-state index in [0.717, 1.165) is 19.3 Å². The van der Waals surface area contributed by atoms with Crippen LogP contribution in [0, 0.1) is 5.41 Å². The van der Waals surface area contributed by atoms with Crippen LogP contribution in [0.2, 0.25) is 0 Å². The fraction of sp³-hybridized carbons (Fsp3) is 0.700. The summed E-state index contributed by atoms with van der Waals surface area (Å²) in [6, 6.07) is 0. The zero-order valence-corrected chi connectivity index (χ0v) is 7.61. The Labute approximate surface area is 68.5 Å². The zero-order chi connectivity index (χ0) is 8.48. The van der Waals surface area contributed by atoms with Crippen molar-refractivity contribution < 1.29 is 4.79 Å². The summed E-state index contributed by atoms with van der Waals surface area (Å²) in [6.45, 7) is 6.49. The lowest BCUT2D eigenvalue weighted by Gasteiger charge is -2.25. The smallest absolute Gasteiger partial charge is 0.155 e. The maximum absolute atomic E-state index is 11.0. The second kappa shape index (κ2) is 2.80. The minimum atomic E-state index is 0.191. The van der Waals surface area contributed by atoms with Gasteiger partial charge in [-0.1, -0.05) is 26.3 Å². The molecule has 1 heteroatoms. The molecular formula is C10H16O. The summed E-state index contributed by atoms with van der Waals surface area (Å²) >= 11 is 0. The van der Waals surface area contributed by atoms with Crippen LogP contribution in [-0.2, 0) is 4.79 Å². The van der Waals surface area contributed by atoms with Crippen molar-refractivity contribution in [3.63, 3.8) is 0 Å². The van der Waals surface area contributed by atoms with E-state index in [9.17, 15) is 4.79 Å². The molecule has 1 aliphatic carbocycles. The average Bonchev–Trinajstić information content (AvgIpc) is 1.86. The quantitative estimate of drug-likeness (QED) is 0.521. The molecule has 0 saturated carbocycles. The summed E-state index contributed by atoms with van der Waals surface area (Å²) < 4.78 is 0. The molecule has 0 saturated heterocycles. The molecule has 0 atom stereocenters. The Morgan fingerprint density at radius 1 is 1.27 bits per heavy atom. The maximum atomic E-state index is 11.0. The van der Waals surface area contributed by atoms with Gasteiger partial charge in [0.05, 0.1) is 0 Å².